The monoisotopic (exact) mass is 223 g/mol. The van der Waals surface area contributed by atoms with Crippen molar-refractivity contribution in [1.82, 2.24) is 0 Å². The van der Waals surface area contributed by atoms with Crippen molar-refractivity contribution in [2.75, 3.05) is 0 Å². The van der Waals surface area contributed by atoms with Gasteiger partial charge in [0.2, 0.25) is 5.91 Å². The number of primary amides is 1. The fraction of sp³-hybridized carbons (Fsp3) is 0.133. The van der Waals surface area contributed by atoms with Crippen LogP contribution in [0.15, 0.2) is 42.5 Å². The molecule has 2 heteroatoms. The first-order valence-electron chi connectivity index (χ1n) is 5.72. The third kappa shape index (κ3) is 1.72. The Bertz CT molecular complexity index is 602. The molecule has 0 aromatic heterocycles. The van der Waals surface area contributed by atoms with E-state index in [0.29, 0.717) is 5.56 Å². The topological polar surface area (TPSA) is 43.1 Å². The Morgan fingerprint density at radius 3 is 2.12 bits per heavy atom. The fourth-order valence-electron chi connectivity index (χ4n) is 2.43. The van der Waals surface area contributed by atoms with Crippen LogP contribution in [0.3, 0.4) is 0 Å². The van der Waals surface area contributed by atoms with Crippen molar-refractivity contribution >= 4 is 5.91 Å². The normalized spacial score (nSPS) is 12.7. The van der Waals surface area contributed by atoms with E-state index in [-0.39, 0.29) is 5.91 Å². The van der Waals surface area contributed by atoms with Crippen molar-refractivity contribution in [3.05, 3.63) is 70.3 Å². The van der Waals surface area contributed by atoms with E-state index >= 15 is 0 Å². The van der Waals surface area contributed by atoms with Gasteiger partial charge in [-0.05, 0) is 47.2 Å². The molecule has 3 rings (SSSR count). The molecule has 0 aliphatic heterocycles. The summed E-state index contributed by atoms with van der Waals surface area (Å²) in [7, 11) is 0. The van der Waals surface area contributed by atoms with Gasteiger partial charge >= 0.3 is 0 Å². The van der Waals surface area contributed by atoms with Gasteiger partial charge in [-0.2, -0.15) is 0 Å². The summed E-state index contributed by atoms with van der Waals surface area (Å²) in [6.07, 6.45) is 1.84. The number of hydrogen-bond acceptors (Lipinski definition) is 1. The third-order valence-electron chi connectivity index (χ3n) is 3.37. The summed E-state index contributed by atoms with van der Waals surface area (Å²) in [6.45, 7) is 0. The Labute approximate surface area is 100 Å². The number of nitrogens with two attached hydrogens (primary N) is 1. The van der Waals surface area contributed by atoms with E-state index in [9.17, 15) is 4.79 Å². The molecule has 0 spiro atoms. The van der Waals surface area contributed by atoms with Gasteiger partial charge < -0.3 is 5.73 Å². The molecule has 0 fully saturated rings. The van der Waals surface area contributed by atoms with Crippen LogP contribution < -0.4 is 5.73 Å². The highest BCUT2D eigenvalue weighted by molar-refractivity contribution is 5.93. The Kier molecular flexibility index (Phi) is 2.22. The summed E-state index contributed by atoms with van der Waals surface area (Å²) >= 11 is 0. The minimum absolute atomic E-state index is 0.355. The lowest BCUT2D eigenvalue weighted by atomic mass is 9.85. The van der Waals surface area contributed by atoms with Gasteiger partial charge in [0.25, 0.3) is 0 Å². The Balaban J connectivity index is 2.06. The molecule has 1 amide bonds. The van der Waals surface area contributed by atoms with Crippen molar-refractivity contribution in [1.29, 1.82) is 0 Å². The van der Waals surface area contributed by atoms with Crippen molar-refractivity contribution in [3.8, 4) is 0 Å². The van der Waals surface area contributed by atoms with E-state index in [4.69, 9.17) is 5.73 Å². The summed E-state index contributed by atoms with van der Waals surface area (Å²) in [4.78, 5) is 11.2. The zero-order chi connectivity index (χ0) is 11.8. The summed E-state index contributed by atoms with van der Waals surface area (Å²) in [5.41, 5.74) is 11.2. The number of carbonyl (C=O) groups excluding carboxylic acids is 1. The van der Waals surface area contributed by atoms with E-state index in [1.165, 1.54) is 22.3 Å². The molecule has 1 aliphatic carbocycles. The van der Waals surface area contributed by atoms with Gasteiger partial charge in [-0.3, -0.25) is 4.79 Å². The molecular formula is C15H13NO. The third-order valence-corrected chi connectivity index (χ3v) is 3.37. The number of hydrogen-bond donors (Lipinski definition) is 1. The predicted molar refractivity (Wildman–Crippen MR) is 67.0 cm³/mol. The molecule has 0 unspecified atom stereocenters. The van der Waals surface area contributed by atoms with E-state index < -0.39 is 0 Å². The lowest BCUT2D eigenvalue weighted by molar-refractivity contribution is 0.1000. The van der Waals surface area contributed by atoms with E-state index in [1.54, 1.807) is 0 Å². The molecule has 0 heterocycles. The average molecular weight is 223 g/mol. The predicted octanol–water partition coefficient (Wildman–Crippen LogP) is 2.28. The number of benzene rings is 2. The minimum atomic E-state index is -0.355. The summed E-state index contributed by atoms with van der Waals surface area (Å²) in [5, 5.41) is 0. The van der Waals surface area contributed by atoms with E-state index in [0.717, 1.165) is 12.8 Å². The van der Waals surface area contributed by atoms with Crippen LogP contribution in [0.5, 0.6) is 0 Å². The van der Waals surface area contributed by atoms with Gasteiger partial charge in [-0.25, -0.2) is 0 Å². The van der Waals surface area contributed by atoms with Crippen molar-refractivity contribution in [2.24, 2.45) is 5.73 Å². The lowest BCUT2D eigenvalue weighted by Gasteiger charge is -2.19. The van der Waals surface area contributed by atoms with Gasteiger partial charge in [-0.15, -0.1) is 0 Å². The van der Waals surface area contributed by atoms with Gasteiger partial charge in [-0.1, -0.05) is 30.3 Å². The first-order valence-corrected chi connectivity index (χ1v) is 5.72. The Hall–Kier alpha value is -2.09. The molecule has 0 saturated heterocycles. The fourth-order valence-corrected chi connectivity index (χ4v) is 2.43. The SMILES string of the molecule is NC(=O)c1ccc2c(c1)Cc1ccccc1C2. The van der Waals surface area contributed by atoms with Crippen LogP contribution in [0.2, 0.25) is 0 Å². The van der Waals surface area contributed by atoms with E-state index in [2.05, 4.69) is 24.3 Å². The molecule has 0 saturated carbocycles. The molecule has 1 aliphatic rings. The van der Waals surface area contributed by atoms with Gasteiger partial charge in [0.05, 0.1) is 0 Å². The van der Waals surface area contributed by atoms with E-state index in [1.807, 2.05) is 18.2 Å². The Morgan fingerprint density at radius 1 is 0.882 bits per heavy atom. The molecule has 2 nitrogen and oxygen atoms in total. The maximum atomic E-state index is 11.2. The maximum Gasteiger partial charge on any atom is 0.248 e. The molecule has 2 aromatic carbocycles. The molecule has 84 valence electrons. The minimum Gasteiger partial charge on any atom is -0.366 e. The molecule has 2 aromatic rings. The second kappa shape index (κ2) is 3.74. The van der Waals surface area contributed by atoms with Gasteiger partial charge in [0.15, 0.2) is 0 Å². The second-order valence-corrected chi connectivity index (χ2v) is 4.47. The molecule has 17 heavy (non-hydrogen) atoms. The number of amides is 1. The first kappa shape index (κ1) is 10.1. The van der Waals surface area contributed by atoms with Crippen LogP contribution in [0.4, 0.5) is 0 Å². The first-order chi connectivity index (χ1) is 8.24. The molecule has 2 N–H and O–H groups in total. The number of rotatable bonds is 1. The van der Waals surface area contributed by atoms with Crippen LogP contribution in [0, 0.1) is 0 Å². The quantitative estimate of drug-likeness (QED) is 0.675. The van der Waals surface area contributed by atoms with Crippen LogP contribution in [-0.2, 0) is 12.8 Å². The van der Waals surface area contributed by atoms with Crippen molar-refractivity contribution < 1.29 is 4.79 Å². The zero-order valence-corrected chi connectivity index (χ0v) is 9.44. The second-order valence-electron chi connectivity index (χ2n) is 4.47. The molecule has 0 bridgehead atoms. The maximum absolute atomic E-state index is 11.2. The molecule has 0 radical (unpaired) electrons. The van der Waals surface area contributed by atoms with Crippen LogP contribution >= 0.6 is 0 Å². The zero-order valence-electron chi connectivity index (χ0n) is 9.44. The number of fused-ring (bicyclic) bond motifs is 2. The van der Waals surface area contributed by atoms with Gasteiger partial charge in [0, 0.05) is 5.56 Å². The smallest absolute Gasteiger partial charge is 0.248 e. The lowest BCUT2D eigenvalue weighted by Crippen LogP contribution is -2.13. The highest BCUT2D eigenvalue weighted by Gasteiger charge is 2.15. The summed E-state index contributed by atoms with van der Waals surface area (Å²) < 4.78 is 0. The van der Waals surface area contributed by atoms with Crippen LogP contribution in [0.25, 0.3) is 0 Å². The summed E-state index contributed by atoms with van der Waals surface area (Å²) in [6, 6.07) is 14.2. The summed E-state index contributed by atoms with van der Waals surface area (Å²) in [5.74, 6) is -0.355. The van der Waals surface area contributed by atoms with Crippen molar-refractivity contribution in [3.63, 3.8) is 0 Å². The highest BCUT2D eigenvalue weighted by Crippen LogP contribution is 2.27. The highest BCUT2D eigenvalue weighted by atomic mass is 16.1. The largest absolute Gasteiger partial charge is 0.366 e. The van der Waals surface area contributed by atoms with Crippen LogP contribution in [-0.4, -0.2) is 5.91 Å². The van der Waals surface area contributed by atoms with Crippen molar-refractivity contribution in [2.45, 2.75) is 12.8 Å². The molecular weight excluding hydrogens is 210 g/mol. The molecule has 0 atom stereocenters. The average Bonchev–Trinajstić information content (AvgIpc) is 2.35. The number of carbonyl (C=O) groups is 1. The Morgan fingerprint density at radius 2 is 1.47 bits per heavy atom. The standard InChI is InChI=1S/C15H13NO/c16-15(17)13-6-5-12-7-10-3-1-2-4-11(10)8-14(12)9-13/h1-6,9H,7-8H2,(H2,16,17). The van der Waals surface area contributed by atoms with Gasteiger partial charge in [0.1, 0.15) is 0 Å². The van der Waals surface area contributed by atoms with Crippen LogP contribution in [0.1, 0.15) is 32.6 Å².